The lowest BCUT2D eigenvalue weighted by atomic mass is 10.1. The predicted molar refractivity (Wildman–Crippen MR) is 223 cm³/mol. The van der Waals surface area contributed by atoms with Gasteiger partial charge in [-0.25, -0.2) is 0 Å². The minimum absolute atomic E-state index is 0.00432. The molecule has 1 atom stereocenters. The van der Waals surface area contributed by atoms with Crippen LogP contribution in [0.2, 0.25) is 0 Å². The summed E-state index contributed by atoms with van der Waals surface area (Å²) in [5.41, 5.74) is -0.606. The third kappa shape index (κ3) is 10.5. The van der Waals surface area contributed by atoms with Gasteiger partial charge in [0.05, 0.1) is 48.0 Å². The van der Waals surface area contributed by atoms with E-state index in [1.54, 1.807) is 0 Å². The maximum Gasteiger partial charge on any atom is 0.298 e. The van der Waals surface area contributed by atoms with Crippen LogP contribution in [0.3, 0.4) is 0 Å². The fourth-order valence-electron chi connectivity index (χ4n) is 5.83. The first kappa shape index (κ1) is 46.6. The molecule has 0 bridgehead atoms. The summed E-state index contributed by atoms with van der Waals surface area (Å²) in [5.74, 6) is -1.85. The van der Waals surface area contributed by atoms with Crippen molar-refractivity contribution in [1.82, 2.24) is 0 Å². The Hall–Kier alpha value is -6.85. The Morgan fingerprint density at radius 3 is 1.81 bits per heavy atom. The van der Waals surface area contributed by atoms with E-state index < -0.39 is 81.6 Å². The van der Waals surface area contributed by atoms with E-state index in [1.807, 2.05) is 0 Å². The van der Waals surface area contributed by atoms with Gasteiger partial charge >= 0.3 is 0 Å². The second kappa shape index (κ2) is 18.9. The van der Waals surface area contributed by atoms with E-state index in [0.29, 0.717) is 0 Å². The minimum atomic E-state index is -5.14. The first-order valence-corrected chi connectivity index (χ1v) is 22.3. The molecule has 1 amide bonds. The molecule has 0 saturated heterocycles. The smallest absolute Gasteiger partial charge is 0.298 e. The number of anilines is 1. The highest BCUT2D eigenvalue weighted by Crippen LogP contribution is 2.45. The second-order valence-electron chi connectivity index (χ2n) is 13.1. The number of phenolic OH excluding ortho intramolecular Hbond substituents is 1. The average molecular weight is 943 g/mol. The van der Waals surface area contributed by atoms with Gasteiger partial charge in [-0.3, -0.25) is 18.5 Å². The molecule has 0 fully saturated rings. The molecule has 336 valence electrons. The van der Waals surface area contributed by atoms with Gasteiger partial charge in [0, 0.05) is 17.5 Å². The maximum absolute atomic E-state index is 13.2. The van der Waals surface area contributed by atoms with Crippen molar-refractivity contribution in [3.05, 3.63) is 78.9 Å². The Kier molecular flexibility index (Phi) is 13.7. The number of hydrazone groups is 1. The SMILES string of the molecule is COc1ccc(N=Nc2cc(OCCO)c(N=Nc3c(S(=O)(=O)O)cc4cc(N=NC5C(=O)N(c6ccc(S(=O)(=O)O)cc6)N=C5C)ccc4c3O)cc2OCCO)cc1S(=O)(=O)O. The molecule has 1 unspecified atom stereocenters. The molecule has 1 aliphatic rings. The normalized spacial score (nSPS) is 14.9. The number of azo groups is 3. The van der Waals surface area contributed by atoms with Crippen LogP contribution < -0.4 is 19.2 Å². The lowest BCUT2D eigenvalue weighted by Crippen LogP contribution is -2.29. The quantitative estimate of drug-likeness (QED) is 0.0478. The van der Waals surface area contributed by atoms with E-state index in [4.69, 9.17) is 14.2 Å². The molecule has 1 heterocycles. The van der Waals surface area contributed by atoms with Gasteiger partial charge in [-0.05, 0) is 79.0 Å². The van der Waals surface area contributed by atoms with E-state index in [0.717, 1.165) is 29.3 Å². The molecule has 6 N–H and O–H groups in total. The van der Waals surface area contributed by atoms with Gasteiger partial charge in [0.2, 0.25) is 0 Å². The number of fused-ring (bicyclic) bond motifs is 1. The van der Waals surface area contributed by atoms with Crippen LogP contribution in [0.5, 0.6) is 23.0 Å². The van der Waals surface area contributed by atoms with Crippen LogP contribution in [0.15, 0.2) is 129 Å². The molecular formula is C37H34N8O16S3. The first-order valence-electron chi connectivity index (χ1n) is 18.0. The van der Waals surface area contributed by atoms with E-state index in [-0.39, 0.29) is 75.4 Å². The molecule has 0 radical (unpaired) electrons. The lowest BCUT2D eigenvalue weighted by molar-refractivity contribution is -0.117. The summed E-state index contributed by atoms with van der Waals surface area (Å²) in [7, 11) is -13.2. The molecular weight excluding hydrogens is 909 g/mol. The summed E-state index contributed by atoms with van der Waals surface area (Å²) in [6, 6.07) is 14.3. The van der Waals surface area contributed by atoms with Crippen molar-refractivity contribution >= 4 is 86.9 Å². The number of ether oxygens (including phenoxy) is 3. The fraction of sp³-hybridized carbons (Fsp3) is 0.189. The summed E-state index contributed by atoms with van der Waals surface area (Å²) in [6.45, 7) is -0.0518. The number of carbonyl (C=O) groups excluding carboxylic acids is 1. The Morgan fingerprint density at radius 2 is 1.25 bits per heavy atom. The molecule has 1 aliphatic heterocycles. The number of phenols is 1. The molecule has 6 rings (SSSR count). The van der Waals surface area contributed by atoms with E-state index in [9.17, 15) is 59.0 Å². The van der Waals surface area contributed by atoms with Crippen molar-refractivity contribution in [3.8, 4) is 23.0 Å². The van der Waals surface area contributed by atoms with E-state index in [1.165, 1.54) is 68.6 Å². The molecule has 0 aromatic heterocycles. The zero-order chi connectivity index (χ0) is 46.6. The van der Waals surface area contributed by atoms with Crippen LogP contribution in [0.1, 0.15) is 6.92 Å². The van der Waals surface area contributed by atoms with Crippen molar-refractivity contribution in [2.75, 3.05) is 38.5 Å². The molecule has 27 heteroatoms. The van der Waals surface area contributed by atoms with Crippen LogP contribution >= 0.6 is 0 Å². The number of amides is 1. The molecule has 24 nitrogen and oxygen atoms in total. The van der Waals surface area contributed by atoms with Gasteiger partial charge < -0.3 is 29.5 Å². The highest BCUT2D eigenvalue weighted by molar-refractivity contribution is 7.86. The van der Waals surface area contributed by atoms with Crippen molar-refractivity contribution in [3.63, 3.8) is 0 Å². The molecule has 0 aliphatic carbocycles. The highest BCUT2D eigenvalue weighted by atomic mass is 32.2. The highest BCUT2D eigenvalue weighted by Gasteiger charge is 2.35. The summed E-state index contributed by atoms with van der Waals surface area (Å²) in [5, 5.41) is 59.7. The number of rotatable bonds is 17. The van der Waals surface area contributed by atoms with Crippen LogP contribution in [0, 0.1) is 0 Å². The van der Waals surface area contributed by atoms with Crippen molar-refractivity contribution in [2.24, 2.45) is 35.8 Å². The molecule has 5 aromatic carbocycles. The first-order chi connectivity index (χ1) is 30.2. The maximum atomic E-state index is 13.2. The van der Waals surface area contributed by atoms with Gasteiger partial charge in [-0.15, -0.1) is 15.3 Å². The Balaban J connectivity index is 1.34. The van der Waals surface area contributed by atoms with Gasteiger partial charge in [0.25, 0.3) is 36.3 Å². The number of hydrogen-bond acceptors (Lipinski definition) is 20. The molecule has 64 heavy (non-hydrogen) atoms. The standard InChI is InChI=1S/C37H34N8O16S3/c1-20-34(37(49)45(44-20)24-5-7-25(8-6-24)62(50,51)52)42-39-22-3-9-26-21(15-22)16-33(64(56,57)58)35(36(26)48)43-41-28-19-30(60-13-11-46)27(18-31(28)61-14-12-47)40-38-23-4-10-29(59-2)32(17-23)63(53,54)55/h3-10,15-19,34,46-48H,11-14H2,1-2H3,(H,50,51,52)(H,53,54,55)(H,56,57,58). The van der Waals surface area contributed by atoms with Gasteiger partial charge in [-0.2, -0.15) is 50.7 Å². The van der Waals surface area contributed by atoms with E-state index in [2.05, 4.69) is 35.8 Å². The summed E-state index contributed by atoms with van der Waals surface area (Å²) in [4.78, 5) is 11.3. The largest absolute Gasteiger partial charge is 0.505 e. The third-order valence-electron chi connectivity index (χ3n) is 8.77. The van der Waals surface area contributed by atoms with Crippen molar-refractivity contribution in [2.45, 2.75) is 27.7 Å². The number of benzene rings is 5. The van der Waals surface area contributed by atoms with Crippen LogP contribution in [0.25, 0.3) is 10.8 Å². The van der Waals surface area contributed by atoms with Gasteiger partial charge in [0.15, 0.2) is 11.8 Å². The summed E-state index contributed by atoms with van der Waals surface area (Å²) in [6.07, 6.45) is 0. The average Bonchev–Trinajstić information content (AvgIpc) is 3.53. The zero-order valence-electron chi connectivity index (χ0n) is 33.0. The van der Waals surface area contributed by atoms with Crippen molar-refractivity contribution in [1.29, 1.82) is 0 Å². The van der Waals surface area contributed by atoms with E-state index >= 15 is 0 Å². The molecule has 0 spiro atoms. The molecule has 5 aromatic rings. The van der Waals surface area contributed by atoms with Crippen LogP contribution in [-0.2, 0) is 35.1 Å². The third-order valence-corrected chi connectivity index (χ3v) is 11.4. The topological polar surface area (TPSA) is 358 Å². The number of carbonyl (C=O) groups is 1. The number of aliphatic hydroxyl groups is 2. The monoisotopic (exact) mass is 942 g/mol. The number of hydrogen-bond donors (Lipinski definition) is 6. The van der Waals surface area contributed by atoms with Gasteiger partial charge in [0.1, 0.15) is 57.3 Å². The predicted octanol–water partition coefficient (Wildman–Crippen LogP) is 5.74. The lowest BCUT2D eigenvalue weighted by Gasteiger charge is -2.13. The van der Waals surface area contributed by atoms with Crippen molar-refractivity contribution < 1.29 is 73.2 Å². The number of nitrogens with zero attached hydrogens (tertiary/aromatic N) is 8. The van der Waals surface area contributed by atoms with Crippen LogP contribution in [0.4, 0.5) is 34.1 Å². The zero-order valence-corrected chi connectivity index (χ0v) is 35.4. The fourth-order valence-corrected chi connectivity index (χ4v) is 7.65. The molecule has 0 saturated carbocycles. The summed E-state index contributed by atoms with van der Waals surface area (Å²) < 4.78 is 117. The summed E-state index contributed by atoms with van der Waals surface area (Å²) >= 11 is 0. The van der Waals surface area contributed by atoms with Crippen LogP contribution in [-0.4, -0.2) is 105 Å². The Bertz CT molecular complexity index is 3110. The minimum Gasteiger partial charge on any atom is -0.505 e. The number of methoxy groups -OCH3 is 1. The Morgan fingerprint density at radius 1 is 0.672 bits per heavy atom. The van der Waals surface area contributed by atoms with Gasteiger partial charge in [-0.1, -0.05) is 0 Å². The number of aliphatic hydroxyl groups excluding tert-OH is 2. The number of aromatic hydroxyl groups is 1. The Labute approximate surface area is 362 Å². The second-order valence-corrected chi connectivity index (χ2v) is 17.3.